The van der Waals surface area contributed by atoms with Gasteiger partial charge in [-0.2, -0.15) is 0 Å². The van der Waals surface area contributed by atoms with Crippen LogP contribution in [0.3, 0.4) is 0 Å². The summed E-state index contributed by atoms with van der Waals surface area (Å²) in [6.07, 6.45) is 3.59. The second-order valence-corrected chi connectivity index (χ2v) is 5.42. The Kier molecular flexibility index (Phi) is 4.22. The molecule has 0 aromatic heterocycles. The van der Waals surface area contributed by atoms with Gasteiger partial charge in [-0.05, 0) is 31.7 Å². The van der Waals surface area contributed by atoms with Crippen LogP contribution in [-0.4, -0.2) is 60.9 Å². The fraction of sp³-hybridized carbons (Fsp3) is 0.846. The van der Waals surface area contributed by atoms with Crippen LogP contribution in [0.25, 0.3) is 0 Å². The number of nitrogens with zero attached hydrogens (tertiary/aromatic N) is 2. The summed E-state index contributed by atoms with van der Waals surface area (Å²) >= 11 is 0. The zero-order chi connectivity index (χ0) is 13.1. The number of amides is 2. The normalized spacial score (nSPS) is 22.6. The van der Waals surface area contributed by atoms with Crippen molar-refractivity contribution in [1.82, 2.24) is 15.1 Å². The standard InChI is InChI=1S/C13H23N3O2/c1-3-6-14-11(10-4-5-10)7-16-9-12(17)15(2)8-13(16)18/h10-11,14H,3-9H2,1-2H3. The average Bonchev–Trinajstić information content (AvgIpc) is 3.15. The molecule has 18 heavy (non-hydrogen) atoms. The summed E-state index contributed by atoms with van der Waals surface area (Å²) in [6.45, 7) is 4.28. The van der Waals surface area contributed by atoms with E-state index in [4.69, 9.17) is 0 Å². The number of piperazine rings is 1. The molecule has 0 bridgehead atoms. The smallest absolute Gasteiger partial charge is 0.242 e. The maximum Gasteiger partial charge on any atom is 0.242 e. The minimum absolute atomic E-state index is 0.0413. The Labute approximate surface area is 108 Å². The zero-order valence-electron chi connectivity index (χ0n) is 11.3. The van der Waals surface area contributed by atoms with E-state index in [9.17, 15) is 9.59 Å². The van der Waals surface area contributed by atoms with E-state index >= 15 is 0 Å². The Bertz CT molecular complexity index is 328. The van der Waals surface area contributed by atoms with Crippen LogP contribution >= 0.6 is 0 Å². The van der Waals surface area contributed by atoms with Crippen molar-refractivity contribution >= 4 is 11.8 Å². The van der Waals surface area contributed by atoms with Crippen LogP contribution in [-0.2, 0) is 9.59 Å². The minimum atomic E-state index is 0.0413. The van der Waals surface area contributed by atoms with Crippen molar-refractivity contribution in [3.05, 3.63) is 0 Å². The van der Waals surface area contributed by atoms with E-state index < -0.39 is 0 Å². The van der Waals surface area contributed by atoms with Crippen molar-refractivity contribution in [3.8, 4) is 0 Å². The number of rotatable bonds is 6. The van der Waals surface area contributed by atoms with Gasteiger partial charge in [0, 0.05) is 19.6 Å². The third-order valence-corrected chi connectivity index (χ3v) is 3.74. The molecule has 1 aliphatic carbocycles. The van der Waals surface area contributed by atoms with Crippen molar-refractivity contribution in [2.45, 2.75) is 32.2 Å². The number of nitrogens with one attached hydrogen (secondary N) is 1. The van der Waals surface area contributed by atoms with Crippen LogP contribution in [0.2, 0.25) is 0 Å². The van der Waals surface area contributed by atoms with Gasteiger partial charge >= 0.3 is 0 Å². The molecule has 1 heterocycles. The molecule has 0 aromatic carbocycles. The van der Waals surface area contributed by atoms with E-state index in [1.807, 2.05) is 0 Å². The second-order valence-electron chi connectivity index (χ2n) is 5.42. The van der Waals surface area contributed by atoms with Crippen molar-refractivity contribution in [2.24, 2.45) is 5.92 Å². The maximum absolute atomic E-state index is 11.9. The summed E-state index contributed by atoms with van der Waals surface area (Å²) < 4.78 is 0. The second kappa shape index (κ2) is 5.69. The highest BCUT2D eigenvalue weighted by Crippen LogP contribution is 2.33. The molecule has 5 heteroatoms. The summed E-state index contributed by atoms with van der Waals surface area (Å²) in [4.78, 5) is 26.8. The van der Waals surface area contributed by atoms with Gasteiger partial charge in [-0.1, -0.05) is 6.92 Å². The Morgan fingerprint density at radius 1 is 1.28 bits per heavy atom. The molecule has 0 aromatic rings. The van der Waals surface area contributed by atoms with Gasteiger partial charge in [-0.15, -0.1) is 0 Å². The number of hydrogen-bond acceptors (Lipinski definition) is 3. The summed E-state index contributed by atoms with van der Waals surface area (Å²) in [6, 6.07) is 0.366. The lowest BCUT2D eigenvalue weighted by Gasteiger charge is -2.34. The van der Waals surface area contributed by atoms with E-state index in [1.54, 1.807) is 11.9 Å². The first-order chi connectivity index (χ1) is 8.61. The summed E-state index contributed by atoms with van der Waals surface area (Å²) in [5.74, 6) is 0.805. The first-order valence-corrected chi connectivity index (χ1v) is 6.87. The average molecular weight is 253 g/mol. The van der Waals surface area contributed by atoms with Crippen molar-refractivity contribution in [3.63, 3.8) is 0 Å². The number of likely N-dealkylation sites (N-methyl/N-ethyl adjacent to an activating group) is 1. The highest BCUT2D eigenvalue weighted by molar-refractivity contribution is 5.92. The lowest BCUT2D eigenvalue weighted by atomic mass is 10.1. The molecule has 0 radical (unpaired) electrons. The Balaban J connectivity index is 1.89. The van der Waals surface area contributed by atoms with Gasteiger partial charge in [-0.3, -0.25) is 9.59 Å². The van der Waals surface area contributed by atoms with Crippen molar-refractivity contribution in [1.29, 1.82) is 0 Å². The van der Waals surface area contributed by atoms with Crippen LogP contribution in [0.15, 0.2) is 0 Å². The molecule has 2 aliphatic rings. The van der Waals surface area contributed by atoms with Crippen LogP contribution in [0.5, 0.6) is 0 Å². The summed E-state index contributed by atoms with van der Waals surface area (Å²) in [5, 5.41) is 3.51. The molecule has 1 atom stereocenters. The largest absolute Gasteiger partial charge is 0.335 e. The van der Waals surface area contributed by atoms with Crippen LogP contribution in [0.4, 0.5) is 0 Å². The molecular formula is C13H23N3O2. The lowest BCUT2D eigenvalue weighted by molar-refractivity contribution is -0.149. The monoisotopic (exact) mass is 253 g/mol. The molecule has 1 saturated heterocycles. The number of hydrogen-bond donors (Lipinski definition) is 1. The Hall–Kier alpha value is -1.10. The SMILES string of the molecule is CCCNC(CN1CC(=O)N(C)CC1=O)C1CC1. The van der Waals surface area contributed by atoms with Gasteiger partial charge in [0.1, 0.15) is 0 Å². The van der Waals surface area contributed by atoms with Gasteiger partial charge < -0.3 is 15.1 Å². The van der Waals surface area contributed by atoms with E-state index in [0.717, 1.165) is 13.0 Å². The summed E-state index contributed by atoms with van der Waals surface area (Å²) in [7, 11) is 1.69. The molecule has 2 amide bonds. The molecule has 102 valence electrons. The quantitative estimate of drug-likeness (QED) is 0.728. The molecular weight excluding hydrogens is 230 g/mol. The van der Waals surface area contributed by atoms with Crippen molar-refractivity contribution < 1.29 is 9.59 Å². The van der Waals surface area contributed by atoms with E-state index in [2.05, 4.69) is 12.2 Å². The van der Waals surface area contributed by atoms with Crippen LogP contribution < -0.4 is 5.32 Å². The summed E-state index contributed by atoms with van der Waals surface area (Å²) in [5.41, 5.74) is 0. The molecule has 5 nitrogen and oxygen atoms in total. The van der Waals surface area contributed by atoms with Crippen LogP contribution in [0, 0.1) is 5.92 Å². The molecule has 1 N–H and O–H groups in total. The van der Waals surface area contributed by atoms with E-state index in [1.165, 1.54) is 17.7 Å². The molecule has 2 fully saturated rings. The number of carbonyl (C=O) groups excluding carboxylic acids is 2. The van der Waals surface area contributed by atoms with Crippen molar-refractivity contribution in [2.75, 3.05) is 33.2 Å². The predicted octanol–water partition coefficient (Wildman–Crippen LogP) is 0.0652. The van der Waals surface area contributed by atoms with Gasteiger partial charge in [0.2, 0.25) is 11.8 Å². The van der Waals surface area contributed by atoms with Crippen LogP contribution in [0.1, 0.15) is 26.2 Å². The minimum Gasteiger partial charge on any atom is -0.335 e. The molecule has 0 spiro atoms. The molecule has 1 aliphatic heterocycles. The third kappa shape index (κ3) is 3.22. The van der Waals surface area contributed by atoms with Gasteiger partial charge in [-0.25, -0.2) is 0 Å². The number of carbonyl (C=O) groups is 2. The first kappa shape index (κ1) is 13.3. The fourth-order valence-corrected chi connectivity index (χ4v) is 2.38. The highest BCUT2D eigenvalue weighted by atomic mass is 16.2. The zero-order valence-corrected chi connectivity index (χ0v) is 11.3. The van der Waals surface area contributed by atoms with E-state index in [-0.39, 0.29) is 24.9 Å². The third-order valence-electron chi connectivity index (χ3n) is 3.74. The van der Waals surface area contributed by atoms with Gasteiger partial charge in [0.05, 0.1) is 13.1 Å². The lowest BCUT2D eigenvalue weighted by Crippen LogP contribution is -2.55. The Morgan fingerprint density at radius 2 is 2.00 bits per heavy atom. The topological polar surface area (TPSA) is 52.7 Å². The molecule has 1 unspecified atom stereocenters. The highest BCUT2D eigenvalue weighted by Gasteiger charge is 2.35. The predicted molar refractivity (Wildman–Crippen MR) is 69.0 cm³/mol. The molecule has 2 rings (SSSR count). The van der Waals surface area contributed by atoms with Gasteiger partial charge in [0.25, 0.3) is 0 Å². The molecule has 1 saturated carbocycles. The van der Waals surface area contributed by atoms with Gasteiger partial charge in [0.15, 0.2) is 0 Å². The Morgan fingerprint density at radius 3 is 2.61 bits per heavy atom. The fourth-order valence-electron chi connectivity index (χ4n) is 2.38. The van der Waals surface area contributed by atoms with E-state index in [0.29, 0.717) is 18.5 Å². The maximum atomic E-state index is 11.9. The first-order valence-electron chi connectivity index (χ1n) is 6.87.